The van der Waals surface area contributed by atoms with Gasteiger partial charge in [-0.1, -0.05) is 61.9 Å². The largest absolute Gasteiger partial charge is 0.271 e. The molecular formula is C30H32N2OS. The van der Waals surface area contributed by atoms with Gasteiger partial charge in [-0.3, -0.25) is 9.69 Å². The summed E-state index contributed by atoms with van der Waals surface area (Å²) in [7, 11) is 0. The second kappa shape index (κ2) is 10.0. The molecule has 174 valence electrons. The molecule has 0 aromatic heterocycles. The van der Waals surface area contributed by atoms with Crippen LogP contribution < -0.4 is 4.90 Å². The van der Waals surface area contributed by atoms with Gasteiger partial charge in [0, 0.05) is 0 Å². The van der Waals surface area contributed by atoms with Crippen molar-refractivity contribution in [2.75, 3.05) is 4.90 Å². The number of para-hydroxylation sites is 1. The lowest BCUT2D eigenvalue weighted by Crippen LogP contribution is -2.29. The van der Waals surface area contributed by atoms with E-state index < -0.39 is 0 Å². The predicted octanol–water partition coefficient (Wildman–Crippen LogP) is 7.85. The topological polar surface area (TPSA) is 32.7 Å². The van der Waals surface area contributed by atoms with Gasteiger partial charge in [0.05, 0.1) is 16.3 Å². The fourth-order valence-corrected chi connectivity index (χ4v) is 5.34. The highest BCUT2D eigenvalue weighted by molar-refractivity contribution is 8.19. The molecule has 4 rings (SSSR count). The number of nitrogens with zero attached hydrogens (tertiary/aromatic N) is 2. The van der Waals surface area contributed by atoms with Gasteiger partial charge in [0.25, 0.3) is 5.91 Å². The summed E-state index contributed by atoms with van der Waals surface area (Å²) in [5.74, 6) is -0.0262. The van der Waals surface area contributed by atoms with E-state index in [-0.39, 0.29) is 5.91 Å². The van der Waals surface area contributed by atoms with E-state index in [4.69, 9.17) is 4.99 Å². The van der Waals surface area contributed by atoms with E-state index in [0.717, 1.165) is 46.5 Å². The molecule has 4 heteroatoms. The molecule has 0 saturated carbocycles. The van der Waals surface area contributed by atoms with E-state index in [1.54, 1.807) is 4.90 Å². The standard InChI is InChI=1S/C30H32N2OS/c1-7-23-10-9-11-24(8-2)28(23)31-30-32(26-16-20(4)14-21(5)17-26)29(33)27(34-30)18-25-15-19(3)12-13-22(25)6/h9-18H,7-8H2,1-6H3/b27-18-,31-30+. The highest BCUT2D eigenvalue weighted by Gasteiger charge is 2.35. The Morgan fingerprint density at radius 2 is 1.50 bits per heavy atom. The molecule has 0 bridgehead atoms. The lowest BCUT2D eigenvalue weighted by Gasteiger charge is -2.18. The lowest BCUT2D eigenvalue weighted by atomic mass is 10.0. The number of carbonyl (C=O) groups excluding carboxylic acids is 1. The third-order valence-corrected chi connectivity index (χ3v) is 7.13. The number of hydrogen-bond acceptors (Lipinski definition) is 3. The zero-order valence-electron chi connectivity index (χ0n) is 20.9. The van der Waals surface area contributed by atoms with Gasteiger partial charge in [-0.15, -0.1) is 0 Å². The minimum atomic E-state index is -0.0262. The van der Waals surface area contributed by atoms with Crippen molar-refractivity contribution in [3.05, 3.63) is 98.4 Å². The molecule has 1 saturated heterocycles. The maximum Gasteiger partial charge on any atom is 0.271 e. The third kappa shape index (κ3) is 4.88. The fourth-order valence-electron chi connectivity index (χ4n) is 4.37. The number of amidine groups is 1. The molecule has 3 aromatic carbocycles. The minimum absolute atomic E-state index is 0.0262. The molecule has 34 heavy (non-hydrogen) atoms. The normalized spacial score (nSPS) is 16.2. The second-order valence-corrected chi connectivity index (χ2v) is 9.99. The summed E-state index contributed by atoms with van der Waals surface area (Å²) >= 11 is 1.46. The molecule has 0 aliphatic carbocycles. The number of benzene rings is 3. The predicted molar refractivity (Wildman–Crippen MR) is 147 cm³/mol. The smallest absolute Gasteiger partial charge is 0.268 e. The van der Waals surface area contributed by atoms with E-state index >= 15 is 0 Å². The summed E-state index contributed by atoms with van der Waals surface area (Å²) in [5, 5.41) is 0.710. The zero-order chi connectivity index (χ0) is 24.4. The first-order valence-corrected chi connectivity index (χ1v) is 12.7. The molecule has 1 fully saturated rings. The van der Waals surface area contributed by atoms with Crippen LogP contribution in [0.15, 0.2) is 64.5 Å². The molecule has 1 heterocycles. The van der Waals surface area contributed by atoms with Crippen LogP contribution in [0.3, 0.4) is 0 Å². The number of anilines is 1. The van der Waals surface area contributed by atoms with Crippen LogP contribution in [0.2, 0.25) is 0 Å². The molecular weight excluding hydrogens is 436 g/mol. The summed E-state index contributed by atoms with van der Waals surface area (Å²) in [6.07, 6.45) is 3.81. The molecule has 0 N–H and O–H groups in total. The van der Waals surface area contributed by atoms with E-state index in [9.17, 15) is 4.79 Å². The molecule has 0 atom stereocenters. The lowest BCUT2D eigenvalue weighted by molar-refractivity contribution is -0.113. The van der Waals surface area contributed by atoms with Gasteiger partial charge in [-0.2, -0.15) is 0 Å². The van der Waals surface area contributed by atoms with Crippen molar-refractivity contribution < 1.29 is 4.79 Å². The summed E-state index contributed by atoms with van der Waals surface area (Å²) < 4.78 is 0. The molecule has 0 spiro atoms. The van der Waals surface area contributed by atoms with Crippen LogP contribution in [0.5, 0.6) is 0 Å². The first kappa shape index (κ1) is 24.0. The van der Waals surface area contributed by atoms with Gasteiger partial charge >= 0.3 is 0 Å². The van der Waals surface area contributed by atoms with E-state index in [1.807, 2.05) is 6.08 Å². The number of hydrogen-bond donors (Lipinski definition) is 0. The van der Waals surface area contributed by atoms with Crippen LogP contribution in [0.1, 0.15) is 52.8 Å². The highest BCUT2D eigenvalue weighted by atomic mass is 32.2. The van der Waals surface area contributed by atoms with Crippen molar-refractivity contribution in [1.29, 1.82) is 0 Å². The summed E-state index contributed by atoms with van der Waals surface area (Å²) in [5.41, 5.74) is 9.91. The fraction of sp³-hybridized carbons (Fsp3) is 0.267. The molecule has 0 unspecified atom stereocenters. The van der Waals surface area contributed by atoms with Crippen LogP contribution in [0.4, 0.5) is 11.4 Å². The van der Waals surface area contributed by atoms with Gasteiger partial charge in [0.15, 0.2) is 5.17 Å². The molecule has 0 radical (unpaired) electrons. The Morgan fingerprint density at radius 3 is 2.12 bits per heavy atom. The van der Waals surface area contributed by atoms with E-state index in [2.05, 4.69) is 96.1 Å². The second-order valence-electron chi connectivity index (χ2n) is 8.98. The van der Waals surface area contributed by atoms with Crippen molar-refractivity contribution in [1.82, 2.24) is 0 Å². The summed E-state index contributed by atoms with van der Waals surface area (Å²) in [6.45, 7) is 12.6. The Hall–Kier alpha value is -3.11. The monoisotopic (exact) mass is 468 g/mol. The van der Waals surface area contributed by atoms with Gasteiger partial charge in [-0.25, -0.2) is 4.99 Å². The van der Waals surface area contributed by atoms with Crippen LogP contribution in [-0.4, -0.2) is 11.1 Å². The van der Waals surface area contributed by atoms with Crippen LogP contribution in [0.25, 0.3) is 6.08 Å². The highest BCUT2D eigenvalue weighted by Crippen LogP contribution is 2.39. The average molecular weight is 469 g/mol. The van der Waals surface area contributed by atoms with E-state index in [1.165, 1.54) is 28.5 Å². The number of aryl methyl sites for hydroxylation is 6. The Morgan fingerprint density at radius 1 is 0.853 bits per heavy atom. The quantitative estimate of drug-likeness (QED) is 0.357. The number of amides is 1. The van der Waals surface area contributed by atoms with Crippen molar-refractivity contribution in [3.8, 4) is 0 Å². The summed E-state index contributed by atoms with van der Waals surface area (Å²) in [4.78, 5) is 21.4. The maximum absolute atomic E-state index is 13.8. The first-order chi connectivity index (χ1) is 16.3. The molecule has 3 aromatic rings. The Labute approximate surface area is 207 Å². The number of aliphatic imine (C=N–C) groups is 1. The number of rotatable bonds is 5. The van der Waals surface area contributed by atoms with Crippen LogP contribution in [0, 0.1) is 27.7 Å². The minimum Gasteiger partial charge on any atom is -0.268 e. The SMILES string of the molecule is CCc1cccc(CC)c1/N=C1/S/C(=C\c2cc(C)ccc2C)C(=O)N1c1cc(C)cc(C)c1. The summed E-state index contributed by atoms with van der Waals surface area (Å²) in [6, 6.07) is 19.0. The van der Waals surface area contributed by atoms with Gasteiger partial charge in [0.2, 0.25) is 0 Å². The number of carbonyl (C=O) groups is 1. The maximum atomic E-state index is 13.8. The Kier molecular flexibility index (Phi) is 7.08. The van der Waals surface area contributed by atoms with E-state index in [0.29, 0.717) is 10.1 Å². The van der Waals surface area contributed by atoms with Crippen molar-refractivity contribution in [2.24, 2.45) is 4.99 Å². The van der Waals surface area contributed by atoms with Crippen molar-refractivity contribution in [3.63, 3.8) is 0 Å². The Balaban J connectivity index is 1.90. The average Bonchev–Trinajstić information content (AvgIpc) is 3.10. The van der Waals surface area contributed by atoms with Crippen LogP contribution >= 0.6 is 11.8 Å². The first-order valence-electron chi connectivity index (χ1n) is 11.9. The van der Waals surface area contributed by atoms with Gasteiger partial charge < -0.3 is 0 Å². The molecule has 1 aliphatic rings. The molecule has 1 aliphatic heterocycles. The van der Waals surface area contributed by atoms with Crippen LogP contribution in [-0.2, 0) is 17.6 Å². The third-order valence-electron chi connectivity index (χ3n) is 6.16. The van der Waals surface area contributed by atoms with Gasteiger partial charge in [-0.05, 0) is 104 Å². The van der Waals surface area contributed by atoms with Gasteiger partial charge in [0.1, 0.15) is 0 Å². The number of thioether (sulfide) groups is 1. The Bertz CT molecular complexity index is 1280. The van der Waals surface area contributed by atoms with Crippen molar-refractivity contribution >= 4 is 40.3 Å². The zero-order valence-corrected chi connectivity index (χ0v) is 21.7. The van der Waals surface area contributed by atoms with Crippen molar-refractivity contribution in [2.45, 2.75) is 54.4 Å². The molecule has 3 nitrogen and oxygen atoms in total. The molecule has 1 amide bonds.